The highest BCUT2D eigenvalue weighted by Crippen LogP contribution is 2.31. The molecule has 0 aliphatic heterocycles. The molecule has 0 fully saturated rings. The number of fused-ring (bicyclic) bond motifs is 2. The number of nitrogens with zero attached hydrogens (tertiary/aromatic N) is 5. The van der Waals surface area contributed by atoms with E-state index >= 15 is 0 Å². The van der Waals surface area contributed by atoms with Crippen LogP contribution in [0.5, 0.6) is 0 Å². The summed E-state index contributed by atoms with van der Waals surface area (Å²) in [7, 11) is 0. The summed E-state index contributed by atoms with van der Waals surface area (Å²) in [4.78, 5) is 27.3. The first-order chi connectivity index (χ1) is 16.6. The van der Waals surface area contributed by atoms with Crippen molar-refractivity contribution < 1.29 is 4.92 Å². The van der Waals surface area contributed by atoms with Crippen LogP contribution in [-0.4, -0.2) is 24.9 Å². The van der Waals surface area contributed by atoms with Crippen molar-refractivity contribution in [1.82, 2.24) is 19.9 Å². The van der Waals surface area contributed by atoms with E-state index < -0.39 is 4.92 Å². The fraction of sp³-hybridized carbons (Fsp3) is 0. The Balaban J connectivity index is 0.000000142. The van der Waals surface area contributed by atoms with Crippen molar-refractivity contribution in [2.45, 2.75) is 0 Å². The number of nitro benzene ring substituents is 1. The number of rotatable bonds is 3. The minimum absolute atomic E-state index is 0.0740. The summed E-state index contributed by atoms with van der Waals surface area (Å²) >= 11 is 3.15. The van der Waals surface area contributed by atoms with Crippen molar-refractivity contribution in [3.05, 3.63) is 95.6 Å². The van der Waals surface area contributed by atoms with E-state index in [0.29, 0.717) is 0 Å². The Morgan fingerprint density at radius 2 is 1.32 bits per heavy atom. The van der Waals surface area contributed by atoms with Crippen molar-refractivity contribution in [2.24, 2.45) is 0 Å². The second-order valence-electron chi connectivity index (χ2n) is 7.16. The molecular weight excluding hydrogens is 468 g/mol. The van der Waals surface area contributed by atoms with Crippen molar-refractivity contribution in [1.29, 1.82) is 0 Å². The van der Waals surface area contributed by atoms with E-state index in [2.05, 4.69) is 19.9 Å². The number of thiazole rings is 2. The predicted octanol–water partition coefficient (Wildman–Crippen LogP) is 6.21. The van der Waals surface area contributed by atoms with Crippen LogP contribution in [0.2, 0.25) is 0 Å². The van der Waals surface area contributed by atoms with Crippen molar-refractivity contribution >= 4 is 54.5 Å². The lowest BCUT2D eigenvalue weighted by Gasteiger charge is -1.96. The normalized spacial score (nSPS) is 10.7. The van der Waals surface area contributed by atoms with Gasteiger partial charge >= 0.3 is 0 Å². The Morgan fingerprint density at radius 1 is 0.765 bits per heavy atom. The monoisotopic (exact) mass is 484 g/mol. The Labute approximate surface area is 201 Å². The number of benzene rings is 2. The summed E-state index contributed by atoms with van der Waals surface area (Å²) in [5, 5.41) is 12.5. The molecule has 2 aromatic carbocycles. The van der Waals surface area contributed by atoms with Crippen LogP contribution in [0.1, 0.15) is 0 Å². The molecule has 0 aliphatic rings. The topological polar surface area (TPSA) is 121 Å². The fourth-order valence-corrected chi connectivity index (χ4v) is 5.09. The van der Waals surface area contributed by atoms with Gasteiger partial charge in [-0.1, -0.05) is 24.3 Å². The summed E-state index contributed by atoms with van der Waals surface area (Å²) in [6.07, 6.45) is 6.95. The average molecular weight is 485 g/mol. The van der Waals surface area contributed by atoms with Crippen LogP contribution >= 0.6 is 22.7 Å². The van der Waals surface area contributed by atoms with Crippen LogP contribution in [0.4, 0.5) is 11.4 Å². The third kappa shape index (κ3) is 4.58. The predicted molar refractivity (Wildman–Crippen MR) is 137 cm³/mol. The summed E-state index contributed by atoms with van der Waals surface area (Å²) in [6, 6.07) is 18.1. The van der Waals surface area contributed by atoms with Crippen LogP contribution in [0.15, 0.2) is 85.5 Å². The SMILES string of the molecule is Nc1cccc(-c2nc3cnccc3s2)c1.O=[N+]([O-])c1cccc(-c2nc3cnccc3s2)c1. The number of aromatic nitrogens is 4. The molecule has 166 valence electrons. The first-order valence-electron chi connectivity index (χ1n) is 10.1. The molecule has 0 spiro atoms. The van der Waals surface area contributed by atoms with Crippen LogP contribution < -0.4 is 5.73 Å². The van der Waals surface area contributed by atoms with Crippen LogP contribution in [-0.2, 0) is 0 Å². The quantitative estimate of drug-likeness (QED) is 0.180. The Bertz CT molecular complexity index is 1560. The molecule has 4 aromatic heterocycles. The molecule has 4 heterocycles. The first kappa shape index (κ1) is 21.6. The summed E-state index contributed by atoms with van der Waals surface area (Å²) in [5.74, 6) is 0. The molecule has 6 aromatic rings. The largest absolute Gasteiger partial charge is 0.399 e. The molecule has 0 radical (unpaired) electrons. The highest BCUT2D eigenvalue weighted by Gasteiger charge is 2.11. The van der Waals surface area contributed by atoms with E-state index in [1.54, 1.807) is 42.2 Å². The lowest BCUT2D eigenvalue weighted by Crippen LogP contribution is -1.87. The summed E-state index contributed by atoms with van der Waals surface area (Å²) in [5.41, 5.74) is 10.1. The standard InChI is InChI=1S/C12H7N3O2S.C12H9N3S/c16-15(17)9-3-1-2-8(6-9)12-14-10-7-13-5-4-11(10)18-12;13-9-3-1-2-8(6-9)12-15-10-7-14-5-4-11(10)16-12/h1-7H;1-7H,13H2. The van der Waals surface area contributed by atoms with Gasteiger partial charge in [0.1, 0.15) is 21.0 Å². The second kappa shape index (κ2) is 9.30. The van der Waals surface area contributed by atoms with Gasteiger partial charge in [0, 0.05) is 41.3 Å². The molecule has 0 saturated carbocycles. The lowest BCUT2D eigenvalue weighted by atomic mass is 10.2. The number of hydrogen-bond donors (Lipinski definition) is 1. The molecule has 0 bridgehead atoms. The van der Waals surface area contributed by atoms with Gasteiger partial charge in [-0.25, -0.2) is 9.97 Å². The van der Waals surface area contributed by atoms with E-state index in [0.717, 1.165) is 47.3 Å². The maximum absolute atomic E-state index is 10.7. The average Bonchev–Trinajstić information content (AvgIpc) is 3.49. The van der Waals surface area contributed by atoms with Gasteiger partial charge in [-0.05, 0) is 24.3 Å². The number of anilines is 1. The van der Waals surface area contributed by atoms with E-state index in [-0.39, 0.29) is 5.69 Å². The second-order valence-corrected chi connectivity index (χ2v) is 9.22. The Kier molecular flexibility index (Phi) is 5.90. The molecule has 0 amide bonds. The molecule has 0 atom stereocenters. The molecule has 10 heteroatoms. The smallest absolute Gasteiger partial charge is 0.270 e. The van der Waals surface area contributed by atoms with E-state index in [9.17, 15) is 10.1 Å². The molecular formula is C24H16N6O2S2. The minimum Gasteiger partial charge on any atom is -0.399 e. The first-order valence-corrected chi connectivity index (χ1v) is 11.7. The number of non-ortho nitro benzene ring substituents is 1. The summed E-state index contributed by atoms with van der Waals surface area (Å²) in [6.45, 7) is 0. The van der Waals surface area contributed by atoms with Gasteiger partial charge in [-0.15, -0.1) is 22.7 Å². The zero-order valence-corrected chi connectivity index (χ0v) is 19.2. The molecule has 2 N–H and O–H groups in total. The van der Waals surface area contributed by atoms with Gasteiger partial charge in [0.2, 0.25) is 0 Å². The van der Waals surface area contributed by atoms with E-state index in [1.165, 1.54) is 23.5 Å². The third-order valence-electron chi connectivity index (χ3n) is 4.82. The van der Waals surface area contributed by atoms with Gasteiger partial charge in [0.25, 0.3) is 5.69 Å². The zero-order chi connectivity index (χ0) is 23.5. The van der Waals surface area contributed by atoms with Gasteiger partial charge in [-0.2, -0.15) is 0 Å². The number of nitro groups is 1. The molecule has 0 saturated heterocycles. The van der Waals surface area contributed by atoms with Crippen molar-refractivity contribution in [3.8, 4) is 21.1 Å². The van der Waals surface area contributed by atoms with Gasteiger partial charge in [-0.3, -0.25) is 20.1 Å². The molecule has 0 unspecified atom stereocenters. The van der Waals surface area contributed by atoms with Gasteiger partial charge in [0.05, 0.1) is 26.7 Å². The van der Waals surface area contributed by atoms with Crippen LogP contribution in [0.3, 0.4) is 0 Å². The molecule has 34 heavy (non-hydrogen) atoms. The van der Waals surface area contributed by atoms with Crippen LogP contribution in [0.25, 0.3) is 41.6 Å². The van der Waals surface area contributed by atoms with Crippen molar-refractivity contribution in [3.63, 3.8) is 0 Å². The maximum Gasteiger partial charge on any atom is 0.270 e. The maximum atomic E-state index is 10.7. The highest BCUT2D eigenvalue weighted by atomic mass is 32.1. The lowest BCUT2D eigenvalue weighted by molar-refractivity contribution is -0.384. The van der Waals surface area contributed by atoms with Gasteiger partial charge in [0.15, 0.2) is 0 Å². The Morgan fingerprint density at radius 3 is 1.85 bits per heavy atom. The van der Waals surface area contributed by atoms with Gasteiger partial charge < -0.3 is 5.73 Å². The molecule has 6 rings (SSSR count). The number of nitrogen functional groups attached to an aromatic ring is 1. The number of pyridine rings is 2. The molecule has 8 nitrogen and oxygen atoms in total. The zero-order valence-electron chi connectivity index (χ0n) is 17.5. The highest BCUT2D eigenvalue weighted by molar-refractivity contribution is 7.22. The van der Waals surface area contributed by atoms with Crippen LogP contribution in [0, 0.1) is 10.1 Å². The number of nitrogens with two attached hydrogens (primary N) is 1. The fourth-order valence-electron chi connectivity index (χ4n) is 3.23. The minimum atomic E-state index is -0.404. The number of hydrogen-bond acceptors (Lipinski definition) is 9. The van der Waals surface area contributed by atoms with Crippen molar-refractivity contribution in [2.75, 3.05) is 5.73 Å². The third-order valence-corrected chi connectivity index (χ3v) is 6.99. The summed E-state index contributed by atoms with van der Waals surface area (Å²) < 4.78 is 2.17. The van der Waals surface area contributed by atoms with E-state index in [1.807, 2.05) is 42.5 Å². The Hall–Kier alpha value is -4.28. The van der Waals surface area contributed by atoms with E-state index in [4.69, 9.17) is 5.73 Å². The molecule has 0 aliphatic carbocycles.